The van der Waals surface area contributed by atoms with Crippen LogP contribution in [0.1, 0.15) is 18.2 Å². The molecule has 0 aliphatic heterocycles. The minimum atomic E-state index is -4.49. The number of nitrogens with one attached hydrogen (secondary N) is 4. The van der Waals surface area contributed by atoms with Crippen LogP contribution in [0.15, 0.2) is 47.7 Å². The summed E-state index contributed by atoms with van der Waals surface area (Å²) in [4.78, 5) is 15.1. The molecule has 0 bridgehead atoms. The number of anilines is 1. The topological polar surface area (TPSA) is 90.0 Å². The molecule has 0 fully saturated rings. The molecule has 7 nitrogen and oxygen atoms in total. The fraction of sp³-hybridized carbons (Fsp3) is 0.350. The summed E-state index contributed by atoms with van der Waals surface area (Å²) < 4.78 is 38.1. The SMILES string of the molecule is CCNC(=NCCc1c[nH]c2ccccc12)NCCNc1nccc(C(F)(F)F)n1. The van der Waals surface area contributed by atoms with E-state index in [2.05, 4.69) is 42.0 Å². The van der Waals surface area contributed by atoms with Crippen LogP contribution in [-0.2, 0) is 12.6 Å². The van der Waals surface area contributed by atoms with Crippen LogP contribution in [-0.4, -0.2) is 47.1 Å². The van der Waals surface area contributed by atoms with Crippen LogP contribution in [0, 0.1) is 0 Å². The number of halogens is 3. The number of alkyl halides is 3. The van der Waals surface area contributed by atoms with Gasteiger partial charge in [-0.05, 0) is 31.0 Å². The number of guanidine groups is 1. The van der Waals surface area contributed by atoms with Crippen molar-refractivity contribution in [1.82, 2.24) is 25.6 Å². The van der Waals surface area contributed by atoms with E-state index in [0.29, 0.717) is 32.1 Å². The van der Waals surface area contributed by atoms with E-state index >= 15 is 0 Å². The van der Waals surface area contributed by atoms with Crippen molar-refractivity contribution < 1.29 is 13.2 Å². The zero-order chi connectivity index (χ0) is 21.4. The Bertz CT molecular complexity index is 982. The van der Waals surface area contributed by atoms with E-state index < -0.39 is 11.9 Å². The van der Waals surface area contributed by atoms with Gasteiger partial charge < -0.3 is 20.9 Å². The van der Waals surface area contributed by atoms with Gasteiger partial charge in [0.1, 0.15) is 5.69 Å². The number of para-hydroxylation sites is 1. The quantitative estimate of drug-likeness (QED) is 0.256. The number of benzene rings is 1. The highest BCUT2D eigenvalue weighted by molar-refractivity contribution is 5.83. The van der Waals surface area contributed by atoms with Gasteiger partial charge in [-0.2, -0.15) is 13.2 Å². The Kier molecular flexibility index (Phi) is 7.10. The van der Waals surface area contributed by atoms with Gasteiger partial charge in [0.05, 0.1) is 0 Å². The van der Waals surface area contributed by atoms with Gasteiger partial charge in [-0.15, -0.1) is 0 Å². The van der Waals surface area contributed by atoms with Crippen LogP contribution in [0.3, 0.4) is 0 Å². The molecule has 0 amide bonds. The van der Waals surface area contributed by atoms with E-state index in [-0.39, 0.29) is 5.95 Å². The monoisotopic (exact) mass is 419 g/mol. The van der Waals surface area contributed by atoms with Crippen molar-refractivity contribution in [1.29, 1.82) is 0 Å². The molecule has 0 spiro atoms. The Morgan fingerprint density at radius 3 is 2.77 bits per heavy atom. The second-order valence-electron chi connectivity index (χ2n) is 6.49. The lowest BCUT2D eigenvalue weighted by molar-refractivity contribution is -0.141. The summed E-state index contributed by atoms with van der Waals surface area (Å²) in [5.74, 6) is 0.581. The predicted molar refractivity (Wildman–Crippen MR) is 112 cm³/mol. The molecule has 0 atom stereocenters. The van der Waals surface area contributed by atoms with E-state index in [1.807, 2.05) is 31.3 Å². The van der Waals surface area contributed by atoms with Gasteiger partial charge in [-0.1, -0.05) is 18.2 Å². The summed E-state index contributed by atoms with van der Waals surface area (Å²) >= 11 is 0. The van der Waals surface area contributed by atoms with E-state index in [0.717, 1.165) is 24.2 Å². The molecule has 0 aliphatic rings. The fourth-order valence-electron chi connectivity index (χ4n) is 2.93. The predicted octanol–water partition coefficient (Wildman–Crippen LogP) is 3.19. The van der Waals surface area contributed by atoms with Crippen molar-refractivity contribution in [2.24, 2.45) is 4.99 Å². The maximum Gasteiger partial charge on any atom is 0.433 e. The highest BCUT2D eigenvalue weighted by Crippen LogP contribution is 2.27. The Balaban J connectivity index is 1.48. The number of aromatic nitrogens is 3. The molecular weight excluding hydrogens is 395 g/mol. The Morgan fingerprint density at radius 2 is 1.97 bits per heavy atom. The standard InChI is InChI=1S/C20H24F3N7/c1-2-24-18(25-9-7-14-13-29-16-6-4-3-5-15(14)16)27-11-12-28-19-26-10-8-17(30-19)20(21,22)23/h3-6,8,10,13,29H,2,7,9,11-12H2,1H3,(H2,24,25,27)(H,26,28,30). The van der Waals surface area contributed by atoms with Crippen molar-refractivity contribution >= 4 is 22.8 Å². The van der Waals surface area contributed by atoms with Crippen molar-refractivity contribution in [2.45, 2.75) is 19.5 Å². The number of nitrogens with zero attached hydrogens (tertiary/aromatic N) is 3. The number of H-pyrrole nitrogens is 1. The van der Waals surface area contributed by atoms with Crippen molar-refractivity contribution in [3.63, 3.8) is 0 Å². The van der Waals surface area contributed by atoms with Crippen molar-refractivity contribution in [3.8, 4) is 0 Å². The third kappa shape index (κ3) is 5.85. The van der Waals surface area contributed by atoms with Gasteiger partial charge in [-0.3, -0.25) is 4.99 Å². The van der Waals surface area contributed by atoms with E-state index in [1.54, 1.807) is 0 Å². The summed E-state index contributed by atoms with van der Waals surface area (Å²) in [6.07, 6.45) is -0.619. The summed E-state index contributed by atoms with van der Waals surface area (Å²) in [5.41, 5.74) is 1.33. The molecule has 0 radical (unpaired) electrons. The molecule has 10 heteroatoms. The van der Waals surface area contributed by atoms with E-state index in [1.165, 1.54) is 10.9 Å². The molecular formula is C20H24F3N7. The van der Waals surface area contributed by atoms with Crippen LogP contribution in [0.4, 0.5) is 19.1 Å². The van der Waals surface area contributed by atoms with Crippen LogP contribution < -0.4 is 16.0 Å². The van der Waals surface area contributed by atoms with E-state index in [9.17, 15) is 13.2 Å². The summed E-state index contributed by atoms with van der Waals surface area (Å²) in [6.45, 7) is 4.04. The van der Waals surface area contributed by atoms with Gasteiger partial charge in [0.2, 0.25) is 5.95 Å². The molecule has 1 aromatic carbocycles. The number of rotatable bonds is 8. The lowest BCUT2D eigenvalue weighted by atomic mass is 10.1. The maximum absolute atomic E-state index is 12.7. The van der Waals surface area contributed by atoms with Crippen molar-refractivity contribution in [3.05, 3.63) is 54.0 Å². The average Bonchev–Trinajstić information content (AvgIpc) is 3.14. The van der Waals surface area contributed by atoms with Gasteiger partial charge in [0, 0.05) is 49.5 Å². The molecule has 3 aromatic rings. The highest BCUT2D eigenvalue weighted by atomic mass is 19.4. The van der Waals surface area contributed by atoms with Crippen molar-refractivity contribution in [2.75, 3.05) is 31.5 Å². The Hall–Kier alpha value is -3.30. The molecule has 0 saturated carbocycles. The summed E-state index contributed by atoms with van der Waals surface area (Å²) in [6, 6.07) is 8.96. The third-order valence-electron chi connectivity index (χ3n) is 4.32. The molecule has 3 rings (SSSR count). The lowest BCUT2D eigenvalue weighted by Crippen LogP contribution is -2.39. The molecule has 2 heterocycles. The van der Waals surface area contributed by atoms with Gasteiger partial charge in [-0.25, -0.2) is 9.97 Å². The minimum Gasteiger partial charge on any atom is -0.361 e. The highest BCUT2D eigenvalue weighted by Gasteiger charge is 2.32. The van der Waals surface area contributed by atoms with Crippen LogP contribution in [0.5, 0.6) is 0 Å². The molecule has 30 heavy (non-hydrogen) atoms. The zero-order valence-electron chi connectivity index (χ0n) is 16.6. The lowest BCUT2D eigenvalue weighted by Gasteiger charge is -2.12. The minimum absolute atomic E-state index is 0.0621. The van der Waals surface area contributed by atoms with Crippen LogP contribution in [0.2, 0.25) is 0 Å². The van der Waals surface area contributed by atoms with E-state index in [4.69, 9.17) is 0 Å². The molecule has 0 saturated heterocycles. The normalized spacial score (nSPS) is 12.2. The van der Waals surface area contributed by atoms with Gasteiger partial charge in [0.15, 0.2) is 5.96 Å². The number of aliphatic imine (C=N–C) groups is 1. The second kappa shape index (κ2) is 9.95. The first-order valence-electron chi connectivity index (χ1n) is 9.68. The molecule has 0 unspecified atom stereocenters. The molecule has 4 N–H and O–H groups in total. The first kappa shape index (κ1) is 21.4. The van der Waals surface area contributed by atoms with Crippen LogP contribution in [0.25, 0.3) is 10.9 Å². The third-order valence-corrected chi connectivity index (χ3v) is 4.32. The summed E-state index contributed by atoms with van der Waals surface area (Å²) in [7, 11) is 0. The summed E-state index contributed by atoms with van der Waals surface area (Å²) in [5, 5.41) is 10.3. The first-order valence-corrected chi connectivity index (χ1v) is 9.68. The second-order valence-corrected chi connectivity index (χ2v) is 6.49. The Labute approximate surface area is 172 Å². The van der Waals surface area contributed by atoms with Gasteiger partial charge in [0.25, 0.3) is 0 Å². The van der Waals surface area contributed by atoms with Crippen LogP contribution >= 0.6 is 0 Å². The molecule has 0 aliphatic carbocycles. The fourth-order valence-corrected chi connectivity index (χ4v) is 2.93. The number of fused-ring (bicyclic) bond motifs is 1. The number of hydrogen-bond acceptors (Lipinski definition) is 4. The largest absolute Gasteiger partial charge is 0.433 e. The zero-order valence-corrected chi connectivity index (χ0v) is 16.6. The maximum atomic E-state index is 12.7. The molecule has 2 aromatic heterocycles. The van der Waals surface area contributed by atoms with Gasteiger partial charge >= 0.3 is 6.18 Å². The first-order chi connectivity index (χ1) is 14.5. The smallest absolute Gasteiger partial charge is 0.361 e. The number of hydrogen-bond donors (Lipinski definition) is 4. The Morgan fingerprint density at radius 1 is 1.13 bits per heavy atom. The number of aromatic amines is 1. The average molecular weight is 419 g/mol. The molecule has 160 valence electrons.